The zero-order chi connectivity index (χ0) is 14.3. The highest BCUT2D eigenvalue weighted by atomic mass is 16.5. The SMILES string of the molecule is CC1Cc2ccccc2N(C(=O)C2(C)COCC2N)C1. The van der Waals surface area contributed by atoms with Gasteiger partial charge in [-0.2, -0.15) is 0 Å². The molecule has 0 aromatic heterocycles. The summed E-state index contributed by atoms with van der Waals surface area (Å²) in [5.74, 6) is 0.567. The molecule has 0 saturated carbocycles. The van der Waals surface area contributed by atoms with Gasteiger partial charge in [0.1, 0.15) is 0 Å². The van der Waals surface area contributed by atoms with Crippen LogP contribution < -0.4 is 10.6 Å². The van der Waals surface area contributed by atoms with Gasteiger partial charge in [-0.25, -0.2) is 0 Å². The summed E-state index contributed by atoms with van der Waals surface area (Å²) >= 11 is 0. The maximum absolute atomic E-state index is 13.0. The van der Waals surface area contributed by atoms with E-state index >= 15 is 0 Å². The van der Waals surface area contributed by atoms with Crippen LogP contribution in [0, 0.1) is 11.3 Å². The number of nitrogens with two attached hydrogens (primary N) is 1. The third-order valence-electron chi connectivity index (χ3n) is 4.60. The van der Waals surface area contributed by atoms with Gasteiger partial charge in [0.25, 0.3) is 0 Å². The smallest absolute Gasteiger partial charge is 0.236 e. The van der Waals surface area contributed by atoms with E-state index in [-0.39, 0.29) is 11.9 Å². The zero-order valence-electron chi connectivity index (χ0n) is 12.1. The number of amides is 1. The lowest BCUT2D eigenvalue weighted by Crippen LogP contribution is -2.53. The van der Waals surface area contributed by atoms with Crippen molar-refractivity contribution in [1.29, 1.82) is 0 Å². The van der Waals surface area contributed by atoms with Gasteiger partial charge >= 0.3 is 0 Å². The molecule has 1 saturated heterocycles. The molecule has 1 aromatic rings. The lowest BCUT2D eigenvalue weighted by Gasteiger charge is -2.38. The summed E-state index contributed by atoms with van der Waals surface area (Å²) in [5, 5.41) is 0. The molecule has 4 heteroatoms. The van der Waals surface area contributed by atoms with Gasteiger partial charge < -0.3 is 15.4 Å². The number of rotatable bonds is 1. The fourth-order valence-electron chi connectivity index (χ4n) is 3.21. The van der Waals surface area contributed by atoms with Crippen LogP contribution in [0.25, 0.3) is 0 Å². The maximum Gasteiger partial charge on any atom is 0.236 e. The molecule has 4 nitrogen and oxygen atoms in total. The molecule has 2 aliphatic heterocycles. The normalized spacial score (nSPS) is 33.0. The van der Waals surface area contributed by atoms with Gasteiger partial charge in [-0.15, -0.1) is 0 Å². The first-order valence-corrected chi connectivity index (χ1v) is 7.25. The Balaban J connectivity index is 1.96. The number of benzene rings is 1. The van der Waals surface area contributed by atoms with Crippen molar-refractivity contribution in [3.05, 3.63) is 29.8 Å². The third kappa shape index (κ3) is 2.03. The number of carbonyl (C=O) groups excluding carboxylic acids is 1. The number of anilines is 1. The molecule has 108 valence electrons. The fraction of sp³-hybridized carbons (Fsp3) is 0.562. The number of hydrogen-bond acceptors (Lipinski definition) is 3. The molecular weight excluding hydrogens is 252 g/mol. The van der Waals surface area contributed by atoms with Crippen LogP contribution in [0.1, 0.15) is 19.4 Å². The van der Waals surface area contributed by atoms with Crippen LogP contribution in [0.3, 0.4) is 0 Å². The molecular formula is C16H22N2O2. The van der Waals surface area contributed by atoms with Crippen molar-refractivity contribution in [3.8, 4) is 0 Å². The Kier molecular flexibility index (Phi) is 3.30. The molecule has 0 bridgehead atoms. The minimum Gasteiger partial charge on any atom is -0.379 e. The topological polar surface area (TPSA) is 55.6 Å². The van der Waals surface area contributed by atoms with Crippen molar-refractivity contribution in [1.82, 2.24) is 0 Å². The van der Waals surface area contributed by atoms with Gasteiger partial charge in [-0.1, -0.05) is 25.1 Å². The summed E-state index contributed by atoms with van der Waals surface area (Å²) in [6.07, 6.45) is 1.03. The molecule has 3 unspecified atom stereocenters. The lowest BCUT2D eigenvalue weighted by atomic mass is 9.82. The standard InChI is InChI=1S/C16H22N2O2/c1-11-7-12-5-3-4-6-13(12)18(8-11)15(19)16(2)10-20-9-14(16)17/h3-6,11,14H,7-10,17H2,1-2H3. The summed E-state index contributed by atoms with van der Waals surface area (Å²) < 4.78 is 5.43. The second-order valence-electron chi connectivity index (χ2n) is 6.39. The summed E-state index contributed by atoms with van der Waals surface area (Å²) in [4.78, 5) is 14.9. The molecule has 0 aliphatic carbocycles. The van der Waals surface area contributed by atoms with E-state index in [1.165, 1.54) is 5.56 Å². The summed E-state index contributed by atoms with van der Waals surface area (Å²) in [5.41, 5.74) is 7.78. The van der Waals surface area contributed by atoms with Gasteiger partial charge in [-0.05, 0) is 30.9 Å². The van der Waals surface area contributed by atoms with Crippen molar-refractivity contribution in [2.24, 2.45) is 17.1 Å². The zero-order valence-corrected chi connectivity index (χ0v) is 12.1. The molecule has 2 heterocycles. The van der Waals surface area contributed by atoms with E-state index in [0.717, 1.165) is 18.7 Å². The Bertz CT molecular complexity index is 531. The highest BCUT2D eigenvalue weighted by Crippen LogP contribution is 2.36. The van der Waals surface area contributed by atoms with Gasteiger partial charge in [0, 0.05) is 18.3 Å². The first-order valence-electron chi connectivity index (χ1n) is 7.25. The Morgan fingerprint density at radius 1 is 1.45 bits per heavy atom. The lowest BCUT2D eigenvalue weighted by molar-refractivity contribution is -0.128. The summed E-state index contributed by atoms with van der Waals surface area (Å²) in [7, 11) is 0. The van der Waals surface area contributed by atoms with Gasteiger partial charge in [0.2, 0.25) is 5.91 Å². The Hall–Kier alpha value is -1.39. The quantitative estimate of drug-likeness (QED) is 0.846. The number of hydrogen-bond donors (Lipinski definition) is 1. The van der Waals surface area contributed by atoms with Crippen molar-refractivity contribution in [2.45, 2.75) is 26.3 Å². The van der Waals surface area contributed by atoms with Gasteiger partial charge in [0.15, 0.2) is 0 Å². The van der Waals surface area contributed by atoms with Crippen LogP contribution in [0.2, 0.25) is 0 Å². The number of nitrogens with zero attached hydrogens (tertiary/aromatic N) is 1. The molecule has 20 heavy (non-hydrogen) atoms. The van der Waals surface area contributed by atoms with Crippen molar-refractivity contribution >= 4 is 11.6 Å². The van der Waals surface area contributed by atoms with E-state index in [4.69, 9.17) is 10.5 Å². The number of ether oxygens (including phenoxy) is 1. The third-order valence-corrected chi connectivity index (χ3v) is 4.60. The van der Waals surface area contributed by atoms with Gasteiger partial charge in [-0.3, -0.25) is 4.79 Å². The summed E-state index contributed by atoms with van der Waals surface area (Å²) in [6.45, 7) is 5.75. The molecule has 2 aliphatic rings. The molecule has 1 fully saturated rings. The second kappa shape index (κ2) is 4.86. The van der Waals surface area contributed by atoms with E-state index in [9.17, 15) is 4.79 Å². The average Bonchev–Trinajstić information content (AvgIpc) is 2.78. The van der Waals surface area contributed by atoms with E-state index in [0.29, 0.717) is 19.1 Å². The molecule has 0 radical (unpaired) electrons. The van der Waals surface area contributed by atoms with Crippen molar-refractivity contribution in [2.75, 3.05) is 24.7 Å². The Labute approximate surface area is 119 Å². The van der Waals surface area contributed by atoms with Crippen LogP contribution in [0.4, 0.5) is 5.69 Å². The van der Waals surface area contributed by atoms with Gasteiger partial charge in [0.05, 0.1) is 18.6 Å². The highest BCUT2D eigenvalue weighted by Gasteiger charge is 2.47. The molecule has 3 rings (SSSR count). The van der Waals surface area contributed by atoms with Crippen LogP contribution >= 0.6 is 0 Å². The van der Waals surface area contributed by atoms with Crippen LogP contribution in [-0.4, -0.2) is 31.7 Å². The molecule has 0 spiro atoms. The summed E-state index contributed by atoms with van der Waals surface area (Å²) in [6, 6.07) is 7.94. The minimum absolute atomic E-state index is 0.0986. The second-order valence-corrected chi connectivity index (χ2v) is 6.39. The van der Waals surface area contributed by atoms with Crippen molar-refractivity contribution in [3.63, 3.8) is 0 Å². The molecule has 2 N–H and O–H groups in total. The van der Waals surface area contributed by atoms with Crippen LogP contribution in [-0.2, 0) is 16.0 Å². The Morgan fingerprint density at radius 3 is 2.90 bits per heavy atom. The maximum atomic E-state index is 13.0. The number of fused-ring (bicyclic) bond motifs is 1. The monoisotopic (exact) mass is 274 g/mol. The molecule has 1 amide bonds. The predicted molar refractivity (Wildman–Crippen MR) is 78.6 cm³/mol. The first-order chi connectivity index (χ1) is 9.52. The van der Waals surface area contributed by atoms with E-state index in [1.54, 1.807) is 0 Å². The average molecular weight is 274 g/mol. The number of carbonyl (C=O) groups is 1. The highest BCUT2D eigenvalue weighted by molar-refractivity contribution is 5.99. The van der Waals surface area contributed by atoms with E-state index in [1.807, 2.05) is 30.0 Å². The largest absolute Gasteiger partial charge is 0.379 e. The minimum atomic E-state index is -0.607. The molecule has 1 aromatic carbocycles. The van der Waals surface area contributed by atoms with E-state index < -0.39 is 5.41 Å². The molecule has 3 atom stereocenters. The predicted octanol–water partition coefficient (Wildman–Crippen LogP) is 1.58. The van der Waals surface area contributed by atoms with Crippen LogP contribution in [0.15, 0.2) is 24.3 Å². The fourth-order valence-corrected chi connectivity index (χ4v) is 3.21. The first kappa shape index (κ1) is 13.6. The van der Waals surface area contributed by atoms with E-state index in [2.05, 4.69) is 13.0 Å². The number of para-hydroxylation sites is 1. The Morgan fingerprint density at radius 2 is 2.20 bits per heavy atom. The van der Waals surface area contributed by atoms with Crippen molar-refractivity contribution < 1.29 is 9.53 Å². The van der Waals surface area contributed by atoms with Crippen LogP contribution in [0.5, 0.6) is 0 Å².